The molecule has 0 spiro atoms. The van der Waals surface area contributed by atoms with Gasteiger partial charge in [-0.3, -0.25) is 0 Å². The van der Waals surface area contributed by atoms with Gasteiger partial charge in [0.25, 0.3) is 0 Å². The van der Waals surface area contributed by atoms with Crippen molar-refractivity contribution in [2.45, 2.75) is 0 Å². The van der Waals surface area contributed by atoms with Gasteiger partial charge in [0.2, 0.25) is 0 Å². The third kappa shape index (κ3) is 2.42. The molecule has 0 amide bonds. The third-order valence-corrected chi connectivity index (χ3v) is 2.36. The van der Waals surface area contributed by atoms with E-state index in [0.29, 0.717) is 5.82 Å². The summed E-state index contributed by atoms with van der Waals surface area (Å²) in [7, 11) is 3.11. The molecule has 0 aliphatic carbocycles. The van der Waals surface area contributed by atoms with Gasteiger partial charge in [-0.2, -0.15) is 0 Å². The van der Waals surface area contributed by atoms with Crippen molar-refractivity contribution in [3.63, 3.8) is 0 Å². The zero-order chi connectivity index (χ0) is 13.0. The van der Waals surface area contributed by atoms with Crippen LogP contribution in [0.25, 0.3) is 11.4 Å². The second kappa shape index (κ2) is 5.22. The van der Waals surface area contributed by atoms with Crippen molar-refractivity contribution >= 4 is 11.7 Å². The molecule has 0 radical (unpaired) electrons. The van der Waals surface area contributed by atoms with Gasteiger partial charge < -0.3 is 10.1 Å². The van der Waals surface area contributed by atoms with Crippen LogP contribution in [0.1, 0.15) is 10.5 Å². The van der Waals surface area contributed by atoms with Crippen LogP contribution < -0.4 is 5.32 Å². The minimum absolute atomic E-state index is 0.257. The van der Waals surface area contributed by atoms with E-state index in [2.05, 4.69) is 25.0 Å². The molecular weight excluding hydrogens is 232 g/mol. The topological polar surface area (TPSA) is 77.0 Å². The Bertz CT molecular complexity index is 537. The minimum Gasteiger partial charge on any atom is -0.464 e. The standard InChI is InChI=1S/C12H12N4O2/c1-13-9-6-15-11(16-7-9)8-3-4-10(14-5-8)12(17)18-2/h3-7,13H,1-2H3. The van der Waals surface area contributed by atoms with Gasteiger partial charge in [-0.15, -0.1) is 0 Å². The molecule has 18 heavy (non-hydrogen) atoms. The summed E-state index contributed by atoms with van der Waals surface area (Å²) >= 11 is 0. The van der Waals surface area contributed by atoms with Crippen LogP contribution in [0.4, 0.5) is 5.69 Å². The van der Waals surface area contributed by atoms with E-state index in [1.807, 2.05) is 0 Å². The Labute approximate surface area is 104 Å². The van der Waals surface area contributed by atoms with Gasteiger partial charge in [-0.25, -0.2) is 19.7 Å². The fourth-order valence-electron chi connectivity index (χ4n) is 1.36. The molecule has 0 saturated heterocycles. The maximum atomic E-state index is 11.2. The SMILES string of the molecule is CNc1cnc(-c2ccc(C(=O)OC)nc2)nc1. The van der Waals surface area contributed by atoms with Crippen LogP contribution >= 0.6 is 0 Å². The first kappa shape index (κ1) is 12.0. The van der Waals surface area contributed by atoms with Crippen LogP contribution in [0.15, 0.2) is 30.7 Å². The van der Waals surface area contributed by atoms with Crippen molar-refractivity contribution in [1.82, 2.24) is 15.0 Å². The molecule has 1 N–H and O–H groups in total. The van der Waals surface area contributed by atoms with Gasteiger partial charge in [0.1, 0.15) is 5.69 Å². The maximum Gasteiger partial charge on any atom is 0.356 e. The number of anilines is 1. The first-order valence-corrected chi connectivity index (χ1v) is 5.29. The number of pyridine rings is 1. The van der Waals surface area contributed by atoms with E-state index in [-0.39, 0.29) is 5.69 Å². The average molecular weight is 244 g/mol. The highest BCUT2D eigenvalue weighted by Gasteiger charge is 2.08. The van der Waals surface area contributed by atoms with Crippen molar-refractivity contribution in [2.24, 2.45) is 0 Å². The normalized spacial score (nSPS) is 9.89. The molecule has 0 atom stereocenters. The highest BCUT2D eigenvalue weighted by Crippen LogP contribution is 2.14. The van der Waals surface area contributed by atoms with Crippen LogP contribution in [0, 0.1) is 0 Å². The van der Waals surface area contributed by atoms with E-state index in [9.17, 15) is 4.79 Å². The van der Waals surface area contributed by atoms with Gasteiger partial charge in [0, 0.05) is 18.8 Å². The first-order valence-electron chi connectivity index (χ1n) is 5.29. The Hall–Kier alpha value is -2.50. The molecule has 2 heterocycles. The van der Waals surface area contributed by atoms with Crippen LogP contribution in [-0.2, 0) is 4.74 Å². The lowest BCUT2D eigenvalue weighted by Crippen LogP contribution is -2.03. The molecule has 0 bridgehead atoms. The number of hydrogen-bond donors (Lipinski definition) is 1. The Morgan fingerprint density at radius 1 is 1.17 bits per heavy atom. The lowest BCUT2D eigenvalue weighted by Gasteiger charge is -2.02. The Morgan fingerprint density at radius 3 is 2.39 bits per heavy atom. The highest BCUT2D eigenvalue weighted by atomic mass is 16.5. The smallest absolute Gasteiger partial charge is 0.356 e. The molecule has 0 aliphatic heterocycles. The van der Waals surface area contributed by atoms with E-state index in [1.165, 1.54) is 7.11 Å². The number of ether oxygens (including phenoxy) is 1. The number of nitrogens with one attached hydrogen (secondary N) is 1. The molecule has 0 unspecified atom stereocenters. The van der Waals surface area contributed by atoms with Gasteiger partial charge in [-0.05, 0) is 12.1 Å². The van der Waals surface area contributed by atoms with Crippen LogP contribution in [-0.4, -0.2) is 35.1 Å². The zero-order valence-electron chi connectivity index (χ0n) is 10.0. The number of aromatic nitrogens is 3. The average Bonchev–Trinajstić information content (AvgIpc) is 2.47. The summed E-state index contributed by atoms with van der Waals surface area (Å²) in [5, 5.41) is 2.94. The molecule has 92 valence electrons. The fraction of sp³-hybridized carbons (Fsp3) is 0.167. The number of carbonyl (C=O) groups excluding carboxylic acids is 1. The molecule has 2 aromatic rings. The molecule has 0 aliphatic rings. The van der Waals surface area contributed by atoms with E-state index in [4.69, 9.17) is 0 Å². The number of nitrogens with zero attached hydrogens (tertiary/aromatic N) is 3. The van der Waals surface area contributed by atoms with E-state index in [1.54, 1.807) is 37.8 Å². The molecule has 2 aromatic heterocycles. The van der Waals surface area contributed by atoms with Gasteiger partial charge in [0.05, 0.1) is 25.2 Å². The summed E-state index contributed by atoms with van der Waals surface area (Å²) in [6.07, 6.45) is 4.90. The van der Waals surface area contributed by atoms with Crippen molar-refractivity contribution in [2.75, 3.05) is 19.5 Å². The second-order valence-corrected chi connectivity index (χ2v) is 3.47. The summed E-state index contributed by atoms with van der Waals surface area (Å²) in [6, 6.07) is 3.31. The number of hydrogen-bond acceptors (Lipinski definition) is 6. The largest absolute Gasteiger partial charge is 0.464 e. The van der Waals surface area contributed by atoms with E-state index >= 15 is 0 Å². The molecule has 6 nitrogen and oxygen atoms in total. The van der Waals surface area contributed by atoms with Gasteiger partial charge >= 0.3 is 5.97 Å². The molecule has 2 rings (SSSR count). The lowest BCUT2D eigenvalue weighted by atomic mass is 10.2. The van der Waals surface area contributed by atoms with Crippen LogP contribution in [0.2, 0.25) is 0 Å². The second-order valence-electron chi connectivity index (χ2n) is 3.47. The van der Waals surface area contributed by atoms with Crippen molar-refractivity contribution in [3.05, 3.63) is 36.4 Å². The monoisotopic (exact) mass is 244 g/mol. The summed E-state index contributed by atoms with van der Waals surface area (Å²) in [6.45, 7) is 0. The highest BCUT2D eigenvalue weighted by molar-refractivity contribution is 5.87. The van der Waals surface area contributed by atoms with Crippen molar-refractivity contribution in [3.8, 4) is 11.4 Å². The Morgan fingerprint density at radius 2 is 1.89 bits per heavy atom. The van der Waals surface area contributed by atoms with Crippen molar-refractivity contribution < 1.29 is 9.53 Å². The third-order valence-electron chi connectivity index (χ3n) is 2.36. The van der Waals surface area contributed by atoms with Gasteiger partial charge in [0.15, 0.2) is 5.82 Å². The number of methoxy groups -OCH3 is 1. The quantitative estimate of drug-likeness (QED) is 0.821. The summed E-state index contributed by atoms with van der Waals surface area (Å²) in [5.41, 5.74) is 1.83. The molecule has 0 saturated carbocycles. The minimum atomic E-state index is -0.465. The predicted molar refractivity (Wildman–Crippen MR) is 66.1 cm³/mol. The zero-order valence-corrected chi connectivity index (χ0v) is 10.0. The first-order chi connectivity index (χ1) is 8.74. The van der Waals surface area contributed by atoms with Crippen molar-refractivity contribution in [1.29, 1.82) is 0 Å². The lowest BCUT2D eigenvalue weighted by molar-refractivity contribution is 0.0594. The van der Waals surface area contributed by atoms with E-state index < -0.39 is 5.97 Å². The summed E-state index contributed by atoms with van der Waals surface area (Å²) < 4.78 is 4.57. The molecule has 6 heteroatoms. The molecular formula is C12H12N4O2. The molecule has 0 fully saturated rings. The number of carbonyl (C=O) groups is 1. The van der Waals surface area contributed by atoms with E-state index in [0.717, 1.165) is 11.3 Å². The maximum absolute atomic E-state index is 11.2. The predicted octanol–water partition coefficient (Wildman–Crippen LogP) is 1.37. The fourth-order valence-corrected chi connectivity index (χ4v) is 1.36. The molecule has 0 aromatic carbocycles. The Kier molecular flexibility index (Phi) is 3.47. The summed E-state index contributed by atoms with van der Waals surface area (Å²) in [5.74, 6) is 0.0888. The van der Waals surface area contributed by atoms with Gasteiger partial charge in [-0.1, -0.05) is 0 Å². The number of esters is 1. The summed E-state index contributed by atoms with van der Waals surface area (Å²) in [4.78, 5) is 23.6. The van der Waals surface area contributed by atoms with Crippen LogP contribution in [0.3, 0.4) is 0 Å². The number of rotatable bonds is 3. The van der Waals surface area contributed by atoms with Crippen LogP contribution in [0.5, 0.6) is 0 Å². The Balaban J connectivity index is 2.25.